The monoisotopic (exact) mass is 311 g/mol. The van der Waals surface area contributed by atoms with Gasteiger partial charge in [0.05, 0.1) is 6.20 Å². The number of hydrogen-bond acceptors (Lipinski definition) is 3. The van der Waals surface area contributed by atoms with Crippen LogP contribution in [0.1, 0.15) is 22.6 Å². The van der Waals surface area contributed by atoms with Crippen LogP contribution in [0, 0.1) is 0 Å². The summed E-state index contributed by atoms with van der Waals surface area (Å²) in [6.07, 6.45) is 5.36. The average molecular weight is 312 g/mol. The van der Waals surface area contributed by atoms with Crippen molar-refractivity contribution in [2.75, 3.05) is 0 Å². The maximum atomic E-state index is 4.10. The molecule has 2 aromatic rings. The van der Waals surface area contributed by atoms with Gasteiger partial charge in [0.25, 0.3) is 0 Å². The number of rotatable bonds is 3. The first-order valence-electron chi connectivity index (χ1n) is 5.79. The predicted octanol–water partition coefficient (Wildman–Crippen LogP) is 2.88. The normalized spacial score (nSPS) is 19.2. The zero-order valence-electron chi connectivity index (χ0n) is 9.37. The van der Waals surface area contributed by atoms with Crippen molar-refractivity contribution in [1.29, 1.82) is 0 Å². The Hall–Kier alpha value is -0.650. The predicted molar refractivity (Wildman–Crippen MR) is 73.3 cm³/mol. The van der Waals surface area contributed by atoms with Gasteiger partial charge in [-0.25, -0.2) is 0 Å². The smallest absolute Gasteiger partial charge is 0.0522 e. The van der Waals surface area contributed by atoms with Crippen LogP contribution in [-0.4, -0.2) is 16.2 Å². The fourth-order valence-electron chi connectivity index (χ4n) is 2.28. The Bertz CT molecular complexity index is 505. The molecule has 2 heterocycles. The van der Waals surface area contributed by atoms with Crippen molar-refractivity contribution in [3.05, 3.63) is 38.3 Å². The Morgan fingerprint density at radius 1 is 1.59 bits per heavy atom. The van der Waals surface area contributed by atoms with Crippen molar-refractivity contribution in [3.8, 4) is 0 Å². The van der Waals surface area contributed by atoms with E-state index in [0.29, 0.717) is 6.04 Å². The zero-order chi connectivity index (χ0) is 11.7. The number of H-pyrrole nitrogens is 1. The number of thiophene rings is 1. The number of aryl methyl sites for hydroxylation is 1. The first kappa shape index (κ1) is 11.4. The molecular weight excluding hydrogens is 298 g/mol. The second-order valence-electron chi connectivity index (χ2n) is 4.39. The van der Waals surface area contributed by atoms with E-state index in [0.717, 1.165) is 19.4 Å². The molecule has 1 unspecified atom stereocenters. The van der Waals surface area contributed by atoms with Crippen LogP contribution < -0.4 is 5.32 Å². The molecule has 0 aromatic carbocycles. The van der Waals surface area contributed by atoms with Gasteiger partial charge in [0, 0.05) is 27.6 Å². The van der Waals surface area contributed by atoms with E-state index < -0.39 is 0 Å². The lowest BCUT2D eigenvalue weighted by atomic mass is 9.93. The Labute approximate surface area is 113 Å². The molecule has 17 heavy (non-hydrogen) atoms. The minimum absolute atomic E-state index is 0.578. The summed E-state index contributed by atoms with van der Waals surface area (Å²) in [7, 11) is 0. The Balaban J connectivity index is 1.59. The largest absolute Gasteiger partial charge is 0.309 e. The lowest BCUT2D eigenvalue weighted by molar-refractivity contribution is 0.457. The molecule has 0 amide bonds. The van der Waals surface area contributed by atoms with Gasteiger partial charge in [-0.3, -0.25) is 5.10 Å². The Morgan fingerprint density at radius 3 is 3.35 bits per heavy atom. The first-order chi connectivity index (χ1) is 8.33. The van der Waals surface area contributed by atoms with Gasteiger partial charge in [-0.15, -0.1) is 11.3 Å². The van der Waals surface area contributed by atoms with E-state index in [-0.39, 0.29) is 0 Å². The van der Waals surface area contributed by atoms with Gasteiger partial charge >= 0.3 is 0 Å². The third-order valence-electron chi connectivity index (χ3n) is 3.26. The molecule has 0 saturated carbocycles. The number of halogens is 1. The molecule has 5 heteroatoms. The molecular formula is C12H14BrN3S. The molecule has 3 rings (SSSR count). The van der Waals surface area contributed by atoms with Gasteiger partial charge in [0.15, 0.2) is 0 Å². The molecule has 1 aliphatic carbocycles. The quantitative estimate of drug-likeness (QED) is 0.915. The topological polar surface area (TPSA) is 40.7 Å². The second kappa shape index (κ2) is 4.92. The number of aromatic nitrogens is 2. The molecule has 90 valence electrons. The third kappa shape index (κ3) is 2.46. The molecule has 0 spiro atoms. The van der Waals surface area contributed by atoms with Gasteiger partial charge in [0.2, 0.25) is 0 Å². The molecule has 0 aliphatic heterocycles. The van der Waals surface area contributed by atoms with Crippen LogP contribution in [0.15, 0.2) is 22.1 Å². The summed E-state index contributed by atoms with van der Waals surface area (Å²) in [5.41, 5.74) is 2.69. The van der Waals surface area contributed by atoms with Crippen LogP contribution in [0.5, 0.6) is 0 Å². The van der Waals surface area contributed by atoms with Crippen LogP contribution >= 0.6 is 27.3 Å². The number of nitrogens with zero attached hydrogens (tertiary/aromatic N) is 1. The van der Waals surface area contributed by atoms with E-state index in [1.807, 2.05) is 6.20 Å². The number of aromatic amines is 1. The summed E-state index contributed by atoms with van der Waals surface area (Å²) in [5.74, 6) is 0. The van der Waals surface area contributed by atoms with Gasteiger partial charge in [-0.1, -0.05) is 0 Å². The molecule has 0 saturated heterocycles. The Kier molecular flexibility index (Phi) is 3.31. The van der Waals surface area contributed by atoms with Crippen molar-refractivity contribution < 1.29 is 0 Å². The molecule has 0 fully saturated rings. The van der Waals surface area contributed by atoms with Gasteiger partial charge in [-0.05, 0) is 52.2 Å². The highest BCUT2D eigenvalue weighted by atomic mass is 79.9. The van der Waals surface area contributed by atoms with Crippen LogP contribution in [-0.2, 0) is 19.4 Å². The fraction of sp³-hybridized carbons (Fsp3) is 0.417. The number of hydrogen-bond donors (Lipinski definition) is 2. The summed E-state index contributed by atoms with van der Waals surface area (Å²) in [4.78, 5) is 1.38. The molecule has 2 aromatic heterocycles. The van der Waals surface area contributed by atoms with E-state index in [1.165, 1.54) is 27.0 Å². The molecule has 2 N–H and O–H groups in total. The van der Waals surface area contributed by atoms with Crippen molar-refractivity contribution in [1.82, 2.24) is 15.5 Å². The molecule has 1 atom stereocenters. The number of fused-ring (bicyclic) bond motifs is 1. The highest BCUT2D eigenvalue weighted by Gasteiger charge is 2.19. The highest BCUT2D eigenvalue weighted by Crippen LogP contribution is 2.24. The summed E-state index contributed by atoms with van der Waals surface area (Å²) in [6, 6.07) is 2.69. The molecule has 0 bridgehead atoms. The molecule has 3 nitrogen and oxygen atoms in total. The van der Waals surface area contributed by atoms with Gasteiger partial charge in [-0.2, -0.15) is 5.10 Å². The maximum absolute atomic E-state index is 4.10. The third-order valence-corrected chi connectivity index (χ3v) is 5.19. The van der Waals surface area contributed by atoms with Crippen LogP contribution in [0.2, 0.25) is 0 Å². The van der Waals surface area contributed by atoms with E-state index in [2.05, 4.69) is 42.9 Å². The van der Waals surface area contributed by atoms with Crippen LogP contribution in [0.25, 0.3) is 0 Å². The van der Waals surface area contributed by atoms with E-state index in [4.69, 9.17) is 0 Å². The van der Waals surface area contributed by atoms with Crippen LogP contribution in [0.3, 0.4) is 0 Å². The summed E-state index contributed by atoms with van der Waals surface area (Å²) >= 11 is 5.36. The second-order valence-corrected chi connectivity index (χ2v) is 6.24. The Morgan fingerprint density at radius 2 is 2.53 bits per heavy atom. The minimum Gasteiger partial charge on any atom is -0.309 e. The summed E-state index contributed by atoms with van der Waals surface area (Å²) in [5, 5.41) is 12.9. The van der Waals surface area contributed by atoms with E-state index in [9.17, 15) is 0 Å². The summed E-state index contributed by atoms with van der Waals surface area (Å²) in [6.45, 7) is 0.954. The summed E-state index contributed by atoms with van der Waals surface area (Å²) < 4.78 is 1.22. The molecule has 0 radical (unpaired) electrons. The maximum Gasteiger partial charge on any atom is 0.0522 e. The molecule has 1 aliphatic rings. The zero-order valence-corrected chi connectivity index (χ0v) is 11.8. The van der Waals surface area contributed by atoms with Crippen molar-refractivity contribution in [2.24, 2.45) is 0 Å². The van der Waals surface area contributed by atoms with Crippen molar-refractivity contribution >= 4 is 27.3 Å². The van der Waals surface area contributed by atoms with Crippen LogP contribution in [0.4, 0.5) is 0 Å². The fourth-order valence-corrected chi connectivity index (χ4v) is 3.72. The lowest BCUT2D eigenvalue weighted by Gasteiger charge is -2.22. The average Bonchev–Trinajstić information content (AvgIpc) is 2.94. The van der Waals surface area contributed by atoms with Crippen molar-refractivity contribution in [2.45, 2.75) is 31.8 Å². The highest BCUT2D eigenvalue weighted by molar-refractivity contribution is 9.10. The van der Waals surface area contributed by atoms with Crippen molar-refractivity contribution in [3.63, 3.8) is 0 Å². The first-order valence-corrected chi connectivity index (χ1v) is 7.46. The van der Waals surface area contributed by atoms with Gasteiger partial charge < -0.3 is 5.32 Å². The van der Waals surface area contributed by atoms with E-state index in [1.54, 1.807) is 11.3 Å². The van der Waals surface area contributed by atoms with Gasteiger partial charge in [0.1, 0.15) is 0 Å². The number of nitrogens with one attached hydrogen (secondary N) is 2. The van der Waals surface area contributed by atoms with E-state index >= 15 is 0 Å². The standard InChI is InChI=1S/C12H14BrN3S/c13-10-3-4-17-12(10)7-14-9-1-2-11-8(5-9)6-15-16-11/h3-4,6,9,14H,1-2,5,7H2,(H,15,16). The minimum atomic E-state index is 0.578. The lowest BCUT2D eigenvalue weighted by Crippen LogP contribution is -2.33. The SMILES string of the molecule is Brc1ccsc1CNC1CCc2[nH]ncc2C1.